The molecule has 0 saturated carbocycles. The Morgan fingerprint density at radius 2 is 1.96 bits per heavy atom. The zero-order chi connectivity index (χ0) is 16.4. The highest BCUT2D eigenvalue weighted by Crippen LogP contribution is 2.38. The molecule has 1 aliphatic heterocycles. The van der Waals surface area contributed by atoms with Crippen molar-refractivity contribution in [2.24, 2.45) is 0 Å². The van der Waals surface area contributed by atoms with Crippen molar-refractivity contribution in [3.63, 3.8) is 0 Å². The van der Waals surface area contributed by atoms with E-state index < -0.39 is 12.1 Å². The number of fused-ring (bicyclic) bond motifs is 1. The molecule has 2 aromatic rings. The van der Waals surface area contributed by atoms with Crippen molar-refractivity contribution in [2.75, 3.05) is 23.9 Å². The largest absolute Gasteiger partial charge is 0.497 e. The first-order chi connectivity index (χ1) is 11.1. The highest BCUT2D eigenvalue weighted by atomic mass is 16.5. The zero-order valence-electron chi connectivity index (χ0n) is 12.5. The molecule has 2 N–H and O–H groups in total. The summed E-state index contributed by atoms with van der Waals surface area (Å²) in [5.74, 6) is -0.580. The van der Waals surface area contributed by atoms with Crippen LogP contribution in [-0.2, 0) is 4.79 Å². The Hall–Kier alpha value is -3.02. The minimum atomic E-state index is -1.01. The number of benzene rings is 2. The number of carbonyl (C=O) groups excluding carboxylic acids is 1. The lowest BCUT2D eigenvalue weighted by atomic mass is 10.1. The molecule has 0 spiro atoms. The fourth-order valence-corrected chi connectivity index (χ4v) is 2.65. The SMILES string of the molecule is COc1ccc2c(c1)N(CC(=O)O)C(C(=O)c1ccccc1)N2. The van der Waals surface area contributed by atoms with Crippen LogP contribution >= 0.6 is 0 Å². The molecule has 6 nitrogen and oxygen atoms in total. The fourth-order valence-electron chi connectivity index (χ4n) is 2.65. The Bertz CT molecular complexity index is 746. The highest BCUT2D eigenvalue weighted by Gasteiger charge is 2.35. The Labute approximate surface area is 133 Å². The van der Waals surface area contributed by atoms with Gasteiger partial charge in [-0.05, 0) is 12.1 Å². The number of Topliss-reactive ketones (excluding diaryl/α,β-unsaturated/α-hetero) is 1. The van der Waals surface area contributed by atoms with Gasteiger partial charge in [0, 0.05) is 11.6 Å². The van der Waals surface area contributed by atoms with Gasteiger partial charge < -0.3 is 20.1 Å². The second-order valence-electron chi connectivity index (χ2n) is 5.18. The summed E-state index contributed by atoms with van der Waals surface area (Å²) >= 11 is 0. The van der Waals surface area contributed by atoms with E-state index in [1.807, 2.05) is 6.07 Å². The average Bonchev–Trinajstić information content (AvgIpc) is 2.92. The standard InChI is InChI=1S/C17H16N2O4/c1-23-12-7-8-13-14(9-12)19(10-15(20)21)17(18-13)16(22)11-5-3-2-4-6-11/h2-9,17-18H,10H2,1H3,(H,20,21). The van der Waals surface area contributed by atoms with Gasteiger partial charge in [-0.2, -0.15) is 0 Å². The molecule has 0 saturated heterocycles. The smallest absolute Gasteiger partial charge is 0.323 e. The van der Waals surface area contributed by atoms with Crippen LogP contribution in [0.15, 0.2) is 48.5 Å². The number of hydrogen-bond donors (Lipinski definition) is 2. The van der Waals surface area contributed by atoms with Crippen molar-refractivity contribution in [1.29, 1.82) is 0 Å². The van der Waals surface area contributed by atoms with Crippen molar-refractivity contribution >= 4 is 23.1 Å². The number of methoxy groups -OCH3 is 1. The number of anilines is 2. The number of nitrogens with one attached hydrogen (secondary N) is 1. The molecule has 0 fully saturated rings. The van der Waals surface area contributed by atoms with Crippen LogP contribution in [0.2, 0.25) is 0 Å². The zero-order valence-corrected chi connectivity index (χ0v) is 12.5. The van der Waals surface area contributed by atoms with Gasteiger partial charge >= 0.3 is 5.97 Å². The summed E-state index contributed by atoms with van der Waals surface area (Å²) in [6, 6.07) is 14.1. The minimum absolute atomic E-state index is 0.179. The topological polar surface area (TPSA) is 78.9 Å². The van der Waals surface area contributed by atoms with Crippen LogP contribution in [-0.4, -0.2) is 36.7 Å². The van der Waals surface area contributed by atoms with Gasteiger partial charge in [-0.1, -0.05) is 30.3 Å². The van der Waals surface area contributed by atoms with Crippen molar-refractivity contribution in [2.45, 2.75) is 6.17 Å². The molecular formula is C17H16N2O4. The molecule has 1 atom stereocenters. The number of carboxylic acid groups (broad SMARTS) is 1. The summed E-state index contributed by atoms with van der Waals surface area (Å²) in [5, 5.41) is 12.3. The lowest BCUT2D eigenvalue weighted by Crippen LogP contribution is -2.44. The predicted molar refractivity (Wildman–Crippen MR) is 86.2 cm³/mol. The molecule has 1 heterocycles. The minimum Gasteiger partial charge on any atom is -0.497 e. The van der Waals surface area contributed by atoms with E-state index in [9.17, 15) is 14.7 Å². The first-order valence-electron chi connectivity index (χ1n) is 7.12. The van der Waals surface area contributed by atoms with Gasteiger partial charge in [0.2, 0.25) is 5.78 Å². The van der Waals surface area contributed by atoms with Crippen LogP contribution in [0.5, 0.6) is 5.75 Å². The van der Waals surface area contributed by atoms with E-state index in [4.69, 9.17) is 4.74 Å². The van der Waals surface area contributed by atoms with Gasteiger partial charge in [-0.15, -0.1) is 0 Å². The number of ketones is 1. The molecule has 0 aliphatic carbocycles. The molecule has 0 aromatic heterocycles. The summed E-state index contributed by atoms with van der Waals surface area (Å²) in [6.45, 7) is -0.281. The van der Waals surface area contributed by atoms with E-state index in [-0.39, 0.29) is 12.3 Å². The van der Waals surface area contributed by atoms with Gasteiger partial charge in [0.25, 0.3) is 0 Å². The highest BCUT2D eigenvalue weighted by molar-refractivity contribution is 6.06. The summed E-state index contributed by atoms with van der Waals surface area (Å²) in [5.41, 5.74) is 1.88. The molecule has 23 heavy (non-hydrogen) atoms. The third-order valence-electron chi connectivity index (χ3n) is 3.73. The van der Waals surface area contributed by atoms with E-state index in [2.05, 4.69) is 5.32 Å². The second-order valence-corrected chi connectivity index (χ2v) is 5.18. The van der Waals surface area contributed by atoms with Crippen LogP contribution < -0.4 is 15.0 Å². The average molecular weight is 312 g/mol. The first-order valence-corrected chi connectivity index (χ1v) is 7.12. The van der Waals surface area contributed by atoms with Crippen molar-refractivity contribution in [3.8, 4) is 5.75 Å². The summed E-state index contributed by atoms with van der Waals surface area (Å²) in [6.07, 6.45) is -0.754. The van der Waals surface area contributed by atoms with Crippen LogP contribution in [0.1, 0.15) is 10.4 Å². The Morgan fingerprint density at radius 3 is 2.61 bits per heavy atom. The molecule has 0 radical (unpaired) electrons. The number of carbonyl (C=O) groups is 2. The summed E-state index contributed by atoms with van der Waals surface area (Å²) in [7, 11) is 1.54. The Kier molecular flexibility index (Phi) is 3.89. The normalized spacial score (nSPS) is 15.7. The molecular weight excluding hydrogens is 296 g/mol. The second kappa shape index (κ2) is 6.00. The van der Waals surface area contributed by atoms with Crippen LogP contribution in [0.25, 0.3) is 0 Å². The van der Waals surface area contributed by atoms with Gasteiger partial charge in [0.1, 0.15) is 12.3 Å². The molecule has 1 aliphatic rings. The van der Waals surface area contributed by atoms with Crippen molar-refractivity contribution in [1.82, 2.24) is 0 Å². The van der Waals surface area contributed by atoms with Crippen LogP contribution in [0.3, 0.4) is 0 Å². The molecule has 6 heteroatoms. The number of nitrogens with zero attached hydrogens (tertiary/aromatic N) is 1. The maximum Gasteiger partial charge on any atom is 0.323 e. The van der Waals surface area contributed by atoms with Gasteiger partial charge in [-0.25, -0.2) is 0 Å². The van der Waals surface area contributed by atoms with Crippen molar-refractivity contribution < 1.29 is 19.4 Å². The molecule has 0 bridgehead atoms. The van der Waals surface area contributed by atoms with Crippen LogP contribution in [0, 0.1) is 0 Å². The lowest BCUT2D eigenvalue weighted by molar-refractivity contribution is -0.135. The van der Waals surface area contributed by atoms with Crippen molar-refractivity contribution in [3.05, 3.63) is 54.1 Å². The Morgan fingerprint density at radius 1 is 1.22 bits per heavy atom. The monoisotopic (exact) mass is 312 g/mol. The van der Waals surface area contributed by atoms with E-state index in [1.165, 1.54) is 12.0 Å². The van der Waals surface area contributed by atoms with Gasteiger partial charge in [0.15, 0.2) is 6.17 Å². The third kappa shape index (κ3) is 2.83. The maximum absolute atomic E-state index is 12.7. The quantitative estimate of drug-likeness (QED) is 0.824. The van der Waals surface area contributed by atoms with Gasteiger partial charge in [-0.3, -0.25) is 9.59 Å². The number of ether oxygens (including phenoxy) is 1. The van der Waals surface area contributed by atoms with Gasteiger partial charge in [0.05, 0.1) is 18.5 Å². The lowest BCUT2D eigenvalue weighted by Gasteiger charge is -2.24. The predicted octanol–water partition coefficient (Wildman–Crippen LogP) is 2.22. The number of carboxylic acids is 1. The molecule has 1 unspecified atom stereocenters. The fraction of sp³-hybridized carbons (Fsp3) is 0.176. The molecule has 0 amide bonds. The number of rotatable bonds is 5. The summed E-state index contributed by atoms with van der Waals surface area (Å²) in [4.78, 5) is 25.5. The third-order valence-corrected chi connectivity index (χ3v) is 3.73. The first kappa shape index (κ1) is 14.9. The summed E-state index contributed by atoms with van der Waals surface area (Å²) < 4.78 is 5.19. The van der Waals surface area contributed by atoms with E-state index in [1.54, 1.807) is 42.5 Å². The van der Waals surface area contributed by atoms with E-state index >= 15 is 0 Å². The molecule has 118 valence electrons. The molecule has 3 rings (SSSR count). The number of hydrogen-bond acceptors (Lipinski definition) is 5. The van der Waals surface area contributed by atoms with Crippen LogP contribution in [0.4, 0.5) is 11.4 Å². The molecule has 2 aromatic carbocycles. The number of aliphatic carboxylic acids is 1. The van der Waals surface area contributed by atoms with E-state index in [0.717, 1.165) is 0 Å². The maximum atomic E-state index is 12.7. The van der Waals surface area contributed by atoms with E-state index in [0.29, 0.717) is 22.7 Å². The Balaban J connectivity index is 1.97.